The Bertz CT molecular complexity index is 425. The zero-order chi connectivity index (χ0) is 15.1. The minimum atomic E-state index is 0. The smallest absolute Gasteiger partial charge is 0.183 e. The average Bonchev–Trinajstić information content (AvgIpc) is 2.52. The molecule has 2 rings (SSSR count). The lowest BCUT2D eigenvalue weighted by molar-refractivity contribution is -0.700. The van der Waals surface area contributed by atoms with E-state index in [0.717, 1.165) is 12.5 Å². The van der Waals surface area contributed by atoms with E-state index in [1.165, 1.54) is 69.4 Å². The number of anilines is 1. The van der Waals surface area contributed by atoms with Gasteiger partial charge in [0.05, 0.1) is 0 Å². The fourth-order valence-electron chi connectivity index (χ4n) is 3.28. The fraction of sp³-hybridized carbons (Fsp3) is 0.737. The van der Waals surface area contributed by atoms with Gasteiger partial charge in [-0.2, -0.15) is 0 Å². The van der Waals surface area contributed by atoms with Crippen LogP contribution < -0.4 is 21.9 Å². The quantitative estimate of drug-likeness (QED) is 0.542. The highest BCUT2D eigenvalue weighted by molar-refractivity contribution is 5.45. The molecular formula is C19H33ClN2. The van der Waals surface area contributed by atoms with Crippen LogP contribution in [0.15, 0.2) is 18.3 Å². The molecule has 0 N–H and O–H groups in total. The second kappa shape index (κ2) is 10.1. The maximum Gasteiger partial charge on any atom is 0.183 e. The van der Waals surface area contributed by atoms with E-state index in [9.17, 15) is 0 Å². The number of hydrogen-bond acceptors (Lipinski definition) is 1. The van der Waals surface area contributed by atoms with Gasteiger partial charge in [0.15, 0.2) is 11.9 Å². The Morgan fingerprint density at radius 3 is 2.50 bits per heavy atom. The predicted octanol–water partition coefficient (Wildman–Crippen LogP) is 1.36. The van der Waals surface area contributed by atoms with Crippen molar-refractivity contribution in [3.8, 4) is 0 Å². The summed E-state index contributed by atoms with van der Waals surface area (Å²) in [5, 5.41) is 0. The van der Waals surface area contributed by atoms with Crippen LogP contribution in [0.3, 0.4) is 0 Å². The molecular weight excluding hydrogens is 292 g/mol. The maximum atomic E-state index is 2.58. The lowest BCUT2D eigenvalue weighted by atomic mass is 9.99. The van der Waals surface area contributed by atoms with Gasteiger partial charge in [0.1, 0.15) is 6.54 Å². The summed E-state index contributed by atoms with van der Waals surface area (Å²) in [6.07, 6.45) is 11.6. The molecule has 0 atom stereocenters. The van der Waals surface area contributed by atoms with Crippen LogP contribution in [0.25, 0.3) is 0 Å². The van der Waals surface area contributed by atoms with Crippen molar-refractivity contribution in [3.05, 3.63) is 24.0 Å². The standard InChI is InChI=1S/C19H33N2.ClH/c1-4-6-7-8-9-18-16-19(12-15-20(18)5-2)21-13-10-17(3)11-14-21;/h12,15-17H,4-11,13-14H2,1-3H3;1H/q+1;/p-1. The maximum absolute atomic E-state index is 2.58. The lowest BCUT2D eigenvalue weighted by Gasteiger charge is -2.32. The van der Waals surface area contributed by atoms with Gasteiger partial charge in [-0.3, -0.25) is 0 Å². The zero-order valence-electron chi connectivity index (χ0n) is 14.7. The van der Waals surface area contributed by atoms with Crippen LogP contribution in [0.1, 0.15) is 65.0 Å². The molecule has 1 saturated heterocycles. The average molecular weight is 325 g/mol. The molecule has 2 nitrogen and oxygen atoms in total. The first kappa shape index (κ1) is 19.3. The second-order valence-electron chi connectivity index (χ2n) is 6.64. The minimum Gasteiger partial charge on any atom is -1.00 e. The van der Waals surface area contributed by atoms with E-state index in [1.54, 1.807) is 0 Å². The van der Waals surface area contributed by atoms with Gasteiger partial charge < -0.3 is 17.3 Å². The molecule has 0 unspecified atom stereocenters. The van der Waals surface area contributed by atoms with Gasteiger partial charge in [0, 0.05) is 37.3 Å². The van der Waals surface area contributed by atoms with Crippen molar-refractivity contribution < 1.29 is 17.0 Å². The largest absolute Gasteiger partial charge is 1.00 e. The van der Waals surface area contributed by atoms with Crippen LogP contribution in [-0.2, 0) is 13.0 Å². The molecule has 1 aliphatic heterocycles. The number of pyridine rings is 1. The van der Waals surface area contributed by atoms with Gasteiger partial charge in [0.25, 0.3) is 0 Å². The van der Waals surface area contributed by atoms with E-state index in [0.29, 0.717) is 0 Å². The Hall–Kier alpha value is -0.760. The summed E-state index contributed by atoms with van der Waals surface area (Å²) < 4.78 is 2.42. The highest BCUT2D eigenvalue weighted by atomic mass is 35.5. The van der Waals surface area contributed by atoms with E-state index in [-0.39, 0.29) is 12.4 Å². The van der Waals surface area contributed by atoms with Gasteiger partial charge in [-0.15, -0.1) is 0 Å². The van der Waals surface area contributed by atoms with Gasteiger partial charge in [-0.1, -0.05) is 33.1 Å². The van der Waals surface area contributed by atoms with Gasteiger partial charge in [-0.05, 0) is 32.1 Å². The van der Waals surface area contributed by atoms with Crippen LogP contribution >= 0.6 is 0 Å². The van der Waals surface area contributed by atoms with Crippen molar-refractivity contribution >= 4 is 5.69 Å². The molecule has 0 spiro atoms. The Labute approximate surface area is 143 Å². The topological polar surface area (TPSA) is 7.12 Å². The highest BCUT2D eigenvalue weighted by Crippen LogP contribution is 2.23. The third-order valence-corrected chi connectivity index (χ3v) is 4.88. The minimum absolute atomic E-state index is 0. The van der Waals surface area contributed by atoms with E-state index >= 15 is 0 Å². The van der Waals surface area contributed by atoms with Gasteiger partial charge in [-0.25, -0.2) is 4.57 Å². The van der Waals surface area contributed by atoms with Crippen LogP contribution in [0.2, 0.25) is 0 Å². The molecule has 1 aromatic rings. The summed E-state index contributed by atoms with van der Waals surface area (Å²) in [5.74, 6) is 0.902. The number of rotatable bonds is 7. The Morgan fingerprint density at radius 1 is 1.14 bits per heavy atom. The zero-order valence-corrected chi connectivity index (χ0v) is 15.4. The van der Waals surface area contributed by atoms with Crippen LogP contribution in [0, 0.1) is 5.92 Å². The third kappa shape index (κ3) is 5.46. The molecule has 3 heteroatoms. The summed E-state index contributed by atoms with van der Waals surface area (Å²) in [4.78, 5) is 2.58. The molecule has 126 valence electrons. The highest BCUT2D eigenvalue weighted by Gasteiger charge is 2.18. The van der Waals surface area contributed by atoms with Crippen molar-refractivity contribution in [2.24, 2.45) is 5.92 Å². The van der Waals surface area contributed by atoms with E-state index < -0.39 is 0 Å². The van der Waals surface area contributed by atoms with E-state index in [2.05, 4.69) is 48.6 Å². The predicted molar refractivity (Wildman–Crippen MR) is 90.8 cm³/mol. The van der Waals surface area contributed by atoms with E-state index in [4.69, 9.17) is 0 Å². The monoisotopic (exact) mass is 324 g/mol. The summed E-state index contributed by atoms with van der Waals surface area (Å²) in [5.41, 5.74) is 2.96. The summed E-state index contributed by atoms with van der Waals surface area (Å²) in [7, 11) is 0. The fourth-order valence-corrected chi connectivity index (χ4v) is 3.28. The molecule has 2 heterocycles. The van der Waals surface area contributed by atoms with Crippen LogP contribution in [-0.4, -0.2) is 13.1 Å². The molecule has 0 radical (unpaired) electrons. The summed E-state index contributed by atoms with van der Waals surface area (Å²) in [6, 6.07) is 4.76. The third-order valence-electron chi connectivity index (χ3n) is 4.88. The molecule has 1 aromatic heterocycles. The molecule has 1 fully saturated rings. The lowest BCUT2D eigenvalue weighted by Crippen LogP contribution is -3.00. The van der Waals surface area contributed by atoms with Crippen molar-refractivity contribution in [1.82, 2.24) is 0 Å². The van der Waals surface area contributed by atoms with Crippen molar-refractivity contribution in [3.63, 3.8) is 0 Å². The van der Waals surface area contributed by atoms with Gasteiger partial charge in [0.2, 0.25) is 0 Å². The molecule has 0 bridgehead atoms. The number of unbranched alkanes of at least 4 members (excludes halogenated alkanes) is 3. The van der Waals surface area contributed by atoms with Gasteiger partial charge >= 0.3 is 0 Å². The van der Waals surface area contributed by atoms with Crippen molar-refractivity contribution in [2.45, 2.75) is 72.3 Å². The first-order chi connectivity index (χ1) is 10.2. The molecule has 22 heavy (non-hydrogen) atoms. The molecule has 0 saturated carbocycles. The second-order valence-corrected chi connectivity index (χ2v) is 6.64. The number of halogens is 1. The molecule has 0 amide bonds. The Morgan fingerprint density at radius 2 is 1.86 bits per heavy atom. The SMILES string of the molecule is CCCCCCc1cc(N2CCC(C)CC2)cc[n+]1CC.[Cl-]. The summed E-state index contributed by atoms with van der Waals surface area (Å²) >= 11 is 0. The number of hydrogen-bond donors (Lipinski definition) is 0. The summed E-state index contributed by atoms with van der Waals surface area (Å²) in [6.45, 7) is 10.5. The van der Waals surface area contributed by atoms with Crippen LogP contribution in [0.5, 0.6) is 0 Å². The molecule has 0 aliphatic carbocycles. The first-order valence-electron chi connectivity index (χ1n) is 9.02. The number of nitrogens with zero attached hydrogens (tertiary/aromatic N) is 2. The molecule has 0 aromatic carbocycles. The number of piperidine rings is 1. The first-order valence-corrected chi connectivity index (χ1v) is 9.02. The Kier molecular flexibility index (Phi) is 8.85. The van der Waals surface area contributed by atoms with Crippen molar-refractivity contribution in [1.29, 1.82) is 0 Å². The van der Waals surface area contributed by atoms with E-state index in [1.807, 2.05) is 0 Å². The van der Waals surface area contributed by atoms with Crippen LogP contribution in [0.4, 0.5) is 5.69 Å². The van der Waals surface area contributed by atoms with Crippen molar-refractivity contribution in [2.75, 3.05) is 18.0 Å². The number of aromatic nitrogens is 1. The Balaban J connectivity index is 0.00000242. The normalized spacial score (nSPS) is 15.7. The molecule has 1 aliphatic rings. The number of aryl methyl sites for hydroxylation is 2.